The van der Waals surface area contributed by atoms with Crippen molar-refractivity contribution in [2.45, 2.75) is 10.8 Å². The van der Waals surface area contributed by atoms with Gasteiger partial charge in [-0.05, 0) is 45.8 Å². The standard InChI is InChI=1S/C24H22N2O4S3/c27-24(25-9-11-26(12-10-25)33(28,29)23-6-3-13-31-23)22-14-18(17-32-22)16-30-21-8-7-19-4-1-2-5-20(19)15-21/h1-8,13-15,17H,9-12,16H2. The minimum Gasteiger partial charge on any atom is -0.489 e. The predicted molar refractivity (Wildman–Crippen MR) is 132 cm³/mol. The van der Waals surface area contributed by atoms with Crippen LogP contribution in [0.25, 0.3) is 10.8 Å². The molecule has 0 radical (unpaired) electrons. The van der Waals surface area contributed by atoms with E-state index in [9.17, 15) is 13.2 Å². The van der Waals surface area contributed by atoms with Crippen LogP contribution >= 0.6 is 22.7 Å². The van der Waals surface area contributed by atoms with Gasteiger partial charge in [0.25, 0.3) is 15.9 Å². The Balaban J connectivity index is 1.18. The van der Waals surface area contributed by atoms with Gasteiger partial charge in [0.05, 0.1) is 4.88 Å². The fourth-order valence-electron chi connectivity index (χ4n) is 3.81. The maximum atomic E-state index is 12.9. The number of ether oxygens (including phenoxy) is 1. The number of rotatable bonds is 6. The summed E-state index contributed by atoms with van der Waals surface area (Å²) in [7, 11) is -3.48. The molecule has 0 bridgehead atoms. The number of fused-ring (bicyclic) bond motifs is 1. The molecule has 0 N–H and O–H groups in total. The highest BCUT2D eigenvalue weighted by molar-refractivity contribution is 7.91. The maximum Gasteiger partial charge on any atom is 0.264 e. The Morgan fingerprint density at radius 2 is 1.70 bits per heavy atom. The van der Waals surface area contributed by atoms with Crippen LogP contribution in [0, 0.1) is 0 Å². The molecular weight excluding hydrogens is 476 g/mol. The number of carbonyl (C=O) groups is 1. The van der Waals surface area contributed by atoms with Crippen LogP contribution in [-0.4, -0.2) is 49.7 Å². The predicted octanol–water partition coefficient (Wildman–Crippen LogP) is 4.69. The van der Waals surface area contributed by atoms with E-state index in [2.05, 4.69) is 12.1 Å². The van der Waals surface area contributed by atoms with E-state index < -0.39 is 10.0 Å². The maximum absolute atomic E-state index is 12.9. The van der Waals surface area contributed by atoms with Crippen molar-refractivity contribution in [3.63, 3.8) is 0 Å². The SMILES string of the molecule is O=C(c1cc(COc2ccc3ccccc3c2)cs1)N1CCN(S(=O)(=O)c2cccs2)CC1. The van der Waals surface area contributed by atoms with Gasteiger partial charge < -0.3 is 9.64 Å². The fraction of sp³-hybridized carbons (Fsp3) is 0.208. The monoisotopic (exact) mass is 498 g/mol. The first kappa shape index (κ1) is 22.1. The summed E-state index contributed by atoms with van der Waals surface area (Å²) in [4.78, 5) is 15.3. The van der Waals surface area contributed by atoms with E-state index >= 15 is 0 Å². The molecule has 0 unspecified atom stereocenters. The number of amides is 1. The van der Waals surface area contributed by atoms with Crippen molar-refractivity contribution < 1.29 is 17.9 Å². The highest BCUT2D eigenvalue weighted by Gasteiger charge is 2.31. The molecule has 2 aromatic carbocycles. The Labute approximate surface area is 200 Å². The van der Waals surface area contributed by atoms with E-state index in [0.717, 1.165) is 22.1 Å². The van der Waals surface area contributed by atoms with Crippen molar-refractivity contribution in [1.29, 1.82) is 0 Å². The van der Waals surface area contributed by atoms with E-state index in [4.69, 9.17) is 4.74 Å². The minimum atomic E-state index is -3.48. The second-order valence-electron chi connectivity index (χ2n) is 7.75. The lowest BCUT2D eigenvalue weighted by atomic mass is 10.1. The lowest BCUT2D eigenvalue weighted by Gasteiger charge is -2.33. The summed E-state index contributed by atoms with van der Waals surface area (Å²) in [6, 6.07) is 19.3. The first-order valence-corrected chi connectivity index (χ1v) is 13.7. The summed E-state index contributed by atoms with van der Waals surface area (Å²) in [6.45, 7) is 1.74. The molecule has 0 saturated carbocycles. The van der Waals surface area contributed by atoms with Gasteiger partial charge >= 0.3 is 0 Å². The third-order valence-corrected chi connectivity index (χ3v) is 9.84. The van der Waals surface area contributed by atoms with Crippen LogP contribution in [-0.2, 0) is 16.6 Å². The van der Waals surface area contributed by atoms with Crippen molar-refractivity contribution in [3.05, 3.63) is 81.9 Å². The lowest BCUT2D eigenvalue weighted by Crippen LogP contribution is -2.50. The normalized spacial score (nSPS) is 15.1. The summed E-state index contributed by atoms with van der Waals surface area (Å²) < 4.78 is 33.1. The first-order valence-electron chi connectivity index (χ1n) is 10.5. The second kappa shape index (κ2) is 9.26. The summed E-state index contributed by atoms with van der Waals surface area (Å²) in [5, 5.41) is 5.98. The zero-order valence-corrected chi connectivity index (χ0v) is 20.2. The summed E-state index contributed by atoms with van der Waals surface area (Å²) in [6.07, 6.45) is 0. The van der Waals surface area contributed by atoms with Crippen LogP contribution in [0.1, 0.15) is 15.2 Å². The van der Waals surface area contributed by atoms with Crippen LogP contribution in [0.15, 0.2) is 75.6 Å². The molecule has 9 heteroatoms. The molecule has 5 rings (SSSR count). The van der Waals surface area contributed by atoms with Gasteiger partial charge in [-0.3, -0.25) is 4.79 Å². The van der Waals surface area contributed by atoms with Crippen molar-refractivity contribution in [3.8, 4) is 5.75 Å². The molecule has 1 aliphatic heterocycles. The highest BCUT2D eigenvalue weighted by Crippen LogP contribution is 2.25. The first-order chi connectivity index (χ1) is 16.0. The number of piperazine rings is 1. The van der Waals surface area contributed by atoms with Gasteiger partial charge in [0.15, 0.2) is 0 Å². The molecule has 0 spiro atoms. The van der Waals surface area contributed by atoms with E-state index in [-0.39, 0.29) is 5.91 Å². The van der Waals surface area contributed by atoms with Crippen molar-refractivity contribution in [2.24, 2.45) is 0 Å². The fourth-order valence-corrected chi connectivity index (χ4v) is 7.24. The van der Waals surface area contributed by atoms with E-state index in [1.165, 1.54) is 27.0 Å². The topological polar surface area (TPSA) is 66.9 Å². The molecule has 1 saturated heterocycles. The molecular formula is C24H22N2O4S3. The molecule has 0 aliphatic carbocycles. The average molecular weight is 499 g/mol. The van der Waals surface area contributed by atoms with Crippen LogP contribution in [0.3, 0.4) is 0 Å². The molecule has 1 aliphatic rings. The minimum absolute atomic E-state index is 0.0647. The second-order valence-corrected chi connectivity index (χ2v) is 11.8. The van der Waals surface area contributed by atoms with Gasteiger partial charge in [-0.1, -0.05) is 36.4 Å². The van der Waals surface area contributed by atoms with Crippen LogP contribution in [0.5, 0.6) is 5.75 Å². The van der Waals surface area contributed by atoms with Gasteiger partial charge in [-0.15, -0.1) is 22.7 Å². The van der Waals surface area contributed by atoms with Gasteiger partial charge in [0.1, 0.15) is 16.6 Å². The Morgan fingerprint density at radius 1 is 0.909 bits per heavy atom. The number of sulfonamides is 1. The number of benzene rings is 2. The van der Waals surface area contributed by atoms with E-state index in [1.807, 2.05) is 41.8 Å². The molecule has 3 heterocycles. The van der Waals surface area contributed by atoms with Gasteiger partial charge in [-0.25, -0.2) is 8.42 Å². The summed E-state index contributed by atoms with van der Waals surface area (Å²) in [5.41, 5.74) is 0.940. The number of hydrogen-bond donors (Lipinski definition) is 0. The molecule has 4 aromatic rings. The van der Waals surface area contributed by atoms with Gasteiger partial charge in [0.2, 0.25) is 0 Å². The lowest BCUT2D eigenvalue weighted by molar-refractivity contribution is 0.0703. The van der Waals surface area contributed by atoms with Crippen molar-refractivity contribution >= 4 is 49.4 Å². The third-order valence-electron chi connectivity index (χ3n) is 5.61. The smallest absolute Gasteiger partial charge is 0.264 e. The third kappa shape index (κ3) is 4.67. The molecule has 0 atom stereocenters. The molecule has 1 fully saturated rings. The molecule has 1 amide bonds. The van der Waals surface area contributed by atoms with Gasteiger partial charge in [0, 0.05) is 31.7 Å². The Bertz CT molecular complexity index is 1370. The van der Waals surface area contributed by atoms with Crippen molar-refractivity contribution in [2.75, 3.05) is 26.2 Å². The molecule has 6 nitrogen and oxygen atoms in total. The molecule has 170 valence electrons. The average Bonchev–Trinajstić information content (AvgIpc) is 3.55. The zero-order chi connectivity index (χ0) is 22.8. The largest absolute Gasteiger partial charge is 0.489 e. The van der Waals surface area contributed by atoms with Gasteiger partial charge in [-0.2, -0.15) is 4.31 Å². The Kier molecular flexibility index (Phi) is 6.20. The Morgan fingerprint density at radius 3 is 2.45 bits per heavy atom. The number of thiophene rings is 2. The van der Waals surface area contributed by atoms with Crippen LogP contribution < -0.4 is 4.74 Å². The number of carbonyl (C=O) groups excluding carboxylic acids is 1. The van der Waals surface area contributed by atoms with Crippen LogP contribution in [0.4, 0.5) is 0 Å². The Hall–Kier alpha value is -2.72. The van der Waals surface area contributed by atoms with E-state index in [1.54, 1.807) is 22.4 Å². The summed E-state index contributed by atoms with van der Waals surface area (Å²) in [5.74, 6) is 0.723. The van der Waals surface area contributed by atoms with E-state index in [0.29, 0.717) is 41.9 Å². The molecule has 33 heavy (non-hydrogen) atoms. The van der Waals surface area contributed by atoms with Crippen LogP contribution in [0.2, 0.25) is 0 Å². The molecule has 2 aromatic heterocycles. The highest BCUT2D eigenvalue weighted by atomic mass is 32.2. The van der Waals surface area contributed by atoms with Crippen molar-refractivity contribution in [1.82, 2.24) is 9.21 Å². The number of hydrogen-bond acceptors (Lipinski definition) is 6. The zero-order valence-electron chi connectivity index (χ0n) is 17.7. The summed E-state index contributed by atoms with van der Waals surface area (Å²) >= 11 is 2.61. The number of nitrogens with zero attached hydrogens (tertiary/aromatic N) is 2. The quantitative estimate of drug-likeness (QED) is 0.387.